The minimum atomic E-state index is -0.818. The van der Waals surface area contributed by atoms with Crippen LogP contribution in [0.2, 0.25) is 0 Å². The minimum absolute atomic E-state index is 0.780. The highest BCUT2D eigenvalue weighted by atomic mass is 16.3. The van der Waals surface area contributed by atoms with E-state index in [9.17, 15) is 5.11 Å². The SMILES string of the molecule is OC(c1ccc2[nH]c(-c3ccc4cc5ccccc5cc4c3)nc2c1)c1ccc2[nH]c(-c3ccc4cc5ccccc5cc4c3)nc2c1. The molecule has 3 N–H and O–H groups in total. The number of nitrogens with one attached hydrogen (secondary N) is 2. The predicted octanol–water partition coefficient (Wildman–Crippen LogP) is 10.5. The van der Waals surface area contributed by atoms with Crippen LogP contribution in [-0.2, 0) is 0 Å². The van der Waals surface area contributed by atoms with Crippen LogP contribution in [0.25, 0.3) is 87.9 Å². The number of fused-ring (bicyclic) bond motifs is 6. The molecule has 226 valence electrons. The van der Waals surface area contributed by atoms with E-state index in [4.69, 9.17) is 9.97 Å². The van der Waals surface area contributed by atoms with E-state index in [2.05, 4.69) is 119 Å². The molecule has 10 aromatic rings. The monoisotopic (exact) mass is 616 g/mol. The van der Waals surface area contributed by atoms with Crippen molar-refractivity contribution in [3.05, 3.63) is 157 Å². The minimum Gasteiger partial charge on any atom is -0.384 e. The molecule has 0 radical (unpaired) electrons. The van der Waals surface area contributed by atoms with Crippen LogP contribution in [0.15, 0.2) is 146 Å². The Morgan fingerprint density at radius 1 is 0.396 bits per heavy atom. The molecule has 0 fully saturated rings. The van der Waals surface area contributed by atoms with Crippen LogP contribution < -0.4 is 0 Å². The van der Waals surface area contributed by atoms with Crippen LogP contribution in [-0.4, -0.2) is 25.0 Å². The maximum atomic E-state index is 11.5. The number of aromatic nitrogens is 4. The lowest BCUT2D eigenvalue weighted by molar-refractivity contribution is 0.220. The zero-order valence-corrected chi connectivity index (χ0v) is 25.8. The van der Waals surface area contributed by atoms with Crippen molar-refractivity contribution in [1.82, 2.24) is 19.9 Å². The van der Waals surface area contributed by atoms with Crippen LogP contribution in [0.5, 0.6) is 0 Å². The van der Waals surface area contributed by atoms with Crippen LogP contribution in [0.4, 0.5) is 0 Å². The summed E-state index contributed by atoms with van der Waals surface area (Å²) in [5.74, 6) is 1.61. The Bertz CT molecular complexity index is 2680. The van der Waals surface area contributed by atoms with Gasteiger partial charge >= 0.3 is 0 Å². The molecule has 5 nitrogen and oxygen atoms in total. The van der Waals surface area contributed by atoms with Gasteiger partial charge in [-0.15, -0.1) is 0 Å². The van der Waals surface area contributed by atoms with E-state index in [1.165, 1.54) is 43.1 Å². The fraction of sp³-hybridized carbons (Fsp3) is 0.0233. The molecular weight excluding hydrogens is 589 g/mol. The number of aliphatic hydroxyl groups excluding tert-OH is 1. The summed E-state index contributed by atoms with van der Waals surface area (Å²) in [5, 5.41) is 21.2. The van der Waals surface area contributed by atoms with Crippen LogP contribution >= 0.6 is 0 Å². The van der Waals surface area contributed by atoms with Gasteiger partial charge in [0.15, 0.2) is 0 Å². The topological polar surface area (TPSA) is 77.6 Å². The van der Waals surface area contributed by atoms with Gasteiger partial charge < -0.3 is 15.1 Å². The highest BCUT2D eigenvalue weighted by molar-refractivity contribution is 6.01. The molecule has 5 heteroatoms. The molecule has 0 atom stereocenters. The maximum Gasteiger partial charge on any atom is 0.138 e. The van der Waals surface area contributed by atoms with Crippen molar-refractivity contribution < 1.29 is 5.11 Å². The first-order valence-electron chi connectivity index (χ1n) is 16.1. The first-order valence-corrected chi connectivity index (χ1v) is 16.1. The van der Waals surface area contributed by atoms with Gasteiger partial charge in [-0.3, -0.25) is 0 Å². The summed E-state index contributed by atoms with van der Waals surface area (Å²) in [7, 11) is 0. The third-order valence-electron chi connectivity index (χ3n) is 9.60. The highest BCUT2D eigenvalue weighted by Gasteiger charge is 2.16. The molecule has 0 aliphatic carbocycles. The average molecular weight is 617 g/mol. The summed E-state index contributed by atoms with van der Waals surface area (Å²) in [6.07, 6.45) is -0.818. The van der Waals surface area contributed by atoms with Gasteiger partial charge in [-0.25, -0.2) is 9.97 Å². The molecule has 2 heterocycles. The number of aromatic amines is 2. The second-order valence-electron chi connectivity index (χ2n) is 12.6. The molecule has 0 aliphatic rings. The highest BCUT2D eigenvalue weighted by Crippen LogP contribution is 2.32. The number of hydrogen-bond acceptors (Lipinski definition) is 3. The van der Waals surface area contributed by atoms with Gasteiger partial charge in [-0.2, -0.15) is 0 Å². The number of benzene rings is 8. The first-order chi connectivity index (χ1) is 23.6. The van der Waals surface area contributed by atoms with E-state index in [1.54, 1.807) is 0 Å². The van der Waals surface area contributed by atoms with Crippen molar-refractivity contribution in [2.75, 3.05) is 0 Å². The van der Waals surface area contributed by atoms with Crippen molar-refractivity contribution in [3.63, 3.8) is 0 Å². The maximum absolute atomic E-state index is 11.5. The zero-order chi connectivity index (χ0) is 31.8. The Hall–Kier alpha value is -6.30. The van der Waals surface area contributed by atoms with Gasteiger partial charge in [0.25, 0.3) is 0 Å². The van der Waals surface area contributed by atoms with Gasteiger partial charge in [0.2, 0.25) is 0 Å². The summed E-state index contributed by atoms with van der Waals surface area (Å²) >= 11 is 0. The fourth-order valence-corrected chi connectivity index (χ4v) is 7.03. The molecule has 10 rings (SSSR count). The lowest BCUT2D eigenvalue weighted by Crippen LogP contribution is -1.99. The van der Waals surface area contributed by atoms with Crippen molar-refractivity contribution >= 4 is 65.2 Å². The molecule has 0 aliphatic heterocycles. The van der Waals surface area contributed by atoms with E-state index in [1.807, 2.05) is 36.4 Å². The van der Waals surface area contributed by atoms with Gasteiger partial charge in [0.05, 0.1) is 22.1 Å². The Morgan fingerprint density at radius 3 is 1.23 bits per heavy atom. The summed E-state index contributed by atoms with van der Waals surface area (Å²) in [6.45, 7) is 0. The molecule has 0 saturated heterocycles. The summed E-state index contributed by atoms with van der Waals surface area (Å²) in [4.78, 5) is 16.8. The molecule has 0 spiro atoms. The van der Waals surface area contributed by atoms with Gasteiger partial charge in [-0.05, 0) is 115 Å². The Kier molecular flexibility index (Phi) is 5.80. The van der Waals surface area contributed by atoms with Crippen molar-refractivity contribution in [1.29, 1.82) is 0 Å². The second-order valence-corrected chi connectivity index (χ2v) is 12.6. The zero-order valence-electron chi connectivity index (χ0n) is 25.8. The molecular formula is C43H28N4O. The lowest BCUT2D eigenvalue weighted by Gasteiger charge is -2.11. The lowest BCUT2D eigenvalue weighted by atomic mass is 10.0. The third-order valence-corrected chi connectivity index (χ3v) is 9.60. The van der Waals surface area contributed by atoms with Crippen molar-refractivity contribution in [3.8, 4) is 22.8 Å². The quantitative estimate of drug-likeness (QED) is 0.172. The van der Waals surface area contributed by atoms with E-state index in [0.29, 0.717) is 0 Å². The summed E-state index contributed by atoms with van der Waals surface area (Å²) in [5.41, 5.74) is 7.08. The summed E-state index contributed by atoms with van der Waals surface area (Å²) in [6, 6.07) is 50.5. The molecule has 0 amide bonds. The largest absolute Gasteiger partial charge is 0.384 e. The van der Waals surface area contributed by atoms with E-state index in [-0.39, 0.29) is 0 Å². The molecule has 48 heavy (non-hydrogen) atoms. The van der Waals surface area contributed by atoms with Crippen molar-refractivity contribution in [2.45, 2.75) is 6.10 Å². The molecule has 8 aromatic carbocycles. The van der Waals surface area contributed by atoms with Crippen LogP contribution in [0, 0.1) is 0 Å². The summed E-state index contributed by atoms with van der Waals surface area (Å²) < 4.78 is 0. The van der Waals surface area contributed by atoms with E-state index < -0.39 is 6.10 Å². The first kappa shape index (κ1) is 26.9. The molecule has 0 saturated carbocycles. The number of aliphatic hydroxyl groups is 1. The Balaban J connectivity index is 0.954. The number of nitrogens with zero attached hydrogens (tertiary/aromatic N) is 2. The Morgan fingerprint density at radius 2 is 0.792 bits per heavy atom. The smallest absolute Gasteiger partial charge is 0.138 e. The normalized spacial score (nSPS) is 12.0. The molecule has 2 aromatic heterocycles. The van der Waals surface area contributed by atoms with E-state index in [0.717, 1.165) is 56.0 Å². The number of rotatable bonds is 4. The molecule has 0 bridgehead atoms. The predicted molar refractivity (Wildman–Crippen MR) is 197 cm³/mol. The number of H-pyrrole nitrogens is 2. The Labute approximate surface area is 275 Å². The second kappa shape index (κ2) is 10.4. The van der Waals surface area contributed by atoms with Crippen molar-refractivity contribution in [2.24, 2.45) is 0 Å². The number of hydrogen-bond donors (Lipinski definition) is 3. The van der Waals surface area contributed by atoms with Gasteiger partial charge in [0.1, 0.15) is 17.8 Å². The standard InChI is InChI=1S/C43H28N4O/c48-41(31-13-15-37-39(23-31)46-42(44-37)33-11-9-29-17-25-5-1-3-7-27(25)19-35(29)21-33)32-14-16-38-40(24-32)47-43(45-38)34-12-10-30-18-26-6-2-4-8-28(26)20-36(30)22-34/h1-24,41,48H,(H,44,46)(H,45,47). The average Bonchev–Trinajstić information content (AvgIpc) is 3.76. The molecule has 0 unspecified atom stereocenters. The number of imidazole rings is 2. The van der Waals surface area contributed by atoms with E-state index >= 15 is 0 Å². The fourth-order valence-electron chi connectivity index (χ4n) is 7.03. The van der Waals surface area contributed by atoms with Gasteiger partial charge in [-0.1, -0.05) is 84.9 Å². The van der Waals surface area contributed by atoms with Crippen LogP contribution in [0.3, 0.4) is 0 Å². The van der Waals surface area contributed by atoms with Crippen LogP contribution in [0.1, 0.15) is 17.2 Å². The van der Waals surface area contributed by atoms with Gasteiger partial charge in [0, 0.05) is 11.1 Å². The third kappa shape index (κ3) is 4.44.